The lowest BCUT2D eigenvalue weighted by Gasteiger charge is -2.09. The van der Waals surface area contributed by atoms with E-state index in [0.717, 1.165) is 12.1 Å². The third kappa shape index (κ3) is 4.48. The summed E-state index contributed by atoms with van der Waals surface area (Å²) in [5.74, 6) is 1.70. The minimum absolute atomic E-state index is 0.228. The van der Waals surface area contributed by atoms with Crippen LogP contribution in [0.1, 0.15) is 16.1 Å². The van der Waals surface area contributed by atoms with Gasteiger partial charge >= 0.3 is 0 Å². The van der Waals surface area contributed by atoms with Crippen molar-refractivity contribution < 1.29 is 18.7 Å². The highest BCUT2D eigenvalue weighted by molar-refractivity contribution is 6.02. The third-order valence-electron chi connectivity index (χ3n) is 4.06. The first-order valence-corrected chi connectivity index (χ1v) is 8.51. The average Bonchev–Trinajstić information content (AvgIpc) is 3.19. The van der Waals surface area contributed by atoms with Crippen LogP contribution in [0, 0.1) is 0 Å². The molecule has 1 heterocycles. The molecule has 3 aromatic rings. The second-order valence-corrected chi connectivity index (χ2v) is 5.95. The van der Waals surface area contributed by atoms with E-state index in [4.69, 9.17) is 13.9 Å². The average molecular weight is 366 g/mol. The number of rotatable bonds is 7. The molecule has 0 saturated heterocycles. The van der Waals surface area contributed by atoms with Crippen LogP contribution in [0.15, 0.2) is 59.0 Å². The maximum absolute atomic E-state index is 12.5. The van der Waals surface area contributed by atoms with E-state index in [9.17, 15) is 4.79 Å². The Kier molecular flexibility index (Phi) is 5.78. The highest BCUT2D eigenvalue weighted by Crippen LogP contribution is 2.27. The molecule has 0 spiro atoms. The molecule has 0 unspecified atom stereocenters. The van der Waals surface area contributed by atoms with Crippen LogP contribution in [0.3, 0.4) is 0 Å². The van der Waals surface area contributed by atoms with Gasteiger partial charge in [0.15, 0.2) is 5.76 Å². The molecule has 0 fully saturated rings. The zero-order valence-electron chi connectivity index (χ0n) is 15.5. The van der Waals surface area contributed by atoms with E-state index >= 15 is 0 Å². The predicted octanol–water partition coefficient (Wildman–Crippen LogP) is 3.94. The summed E-state index contributed by atoms with van der Waals surface area (Å²) in [6.45, 7) is 0.802. The molecule has 27 heavy (non-hydrogen) atoms. The van der Waals surface area contributed by atoms with Crippen molar-refractivity contribution in [2.24, 2.45) is 0 Å². The summed E-state index contributed by atoms with van der Waals surface area (Å²) in [6, 6.07) is 16.6. The standard InChI is InChI=1S/C21H22N2O4/c1-22-13-14-4-6-15(7-5-14)19-8-9-20(27-19)21(24)23-16-10-17(25-2)12-18(11-16)26-3/h4-12,22H,13H2,1-3H3,(H,23,24). The van der Waals surface area contributed by atoms with E-state index in [-0.39, 0.29) is 11.7 Å². The molecule has 2 N–H and O–H groups in total. The Bertz CT molecular complexity index is 894. The van der Waals surface area contributed by atoms with Crippen molar-refractivity contribution in [2.75, 3.05) is 26.6 Å². The van der Waals surface area contributed by atoms with E-state index in [1.807, 2.05) is 31.3 Å². The number of methoxy groups -OCH3 is 2. The van der Waals surface area contributed by atoms with Gasteiger partial charge in [0, 0.05) is 36.0 Å². The van der Waals surface area contributed by atoms with E-state index in [2.05, 4.69) is 10.6 Å². The van der Waals surface area contributed by atoms with E-state index < -0.39 is 0 Å². The zero-order chi connectivity index (χ0) is 19.2. The fraction of sp³-hybridized carbons (Fsp3) is 0.190. The van der Waals surface area contributed by atoms with Crippen LogP contribution in [0.2, 0.25) is 0 Å². The van der Waals surface area contributed by atoms with Crippen LogP contribution < -0.4 is 20.1 Å². The summed E-state index contributed by atoms with van der Waals surface area (Å²) in [4.78, 5) is 12.5. The molecule has 0 aliphatic heterocycles. The first-order valence-electron chi connectivity index (χ1n) is 8.51. The summed E-state index contributed by atoms with van der Waals surface area (Å²) >= 11 is 0. The lowest BCUT2D eigenvalue weighted by molar-refractivity contribution is 0.0997. The monoisotopic (exact) mass is 366 g/mol. The molecule has 0 aliphatic carbocycles. The van der Waals surface area contributed by atoms with Gasteiger partial charge in [0.1, 0.15) is 17.3 Å². The zero-order valence-corrected chi connectivity index (χ0v) is 15.5. The summed E-state index contributed by atoms with van der Waals surface area (Å²) in [5, 5.41) is 5.90. The Morgan fingerprint density at radius 3 is 2.22 bits per heavy atom. The SMILES string of the molecule is CNCc1ccc(-c2ccc(C(=O)Nc3cc(OC)cc(OC)c3)o2)cc1. The lowest BCUT2D eigenvalue weighted by Crippen LogP contribution is -2.11. The molecule has 2 aromatic carbocycles. The molecule has 6 nitrogen and oxygen atoms in total. The molecule has 0 radical (unpaired) electrons. The van der Waals surface area contributed by atoms with Gasteiger partial charge in [-0.3, -0.25) is 4.79 Å². The number of furan rings is 1. The van der Waals surface area contributed by atoms with Gasteiger partial charge in [-0.15, -0.1) is 0 Å². The van der Waals surface area contributed by atoms with Crippen molar-refractivity contribution in [3.63, 3.8) is 0 Å². The second-order valence-electron chi connectivity index (χ2n) is 5.95. The third-order valence-corrected chi connectivity index (χ3v) is 4.06. The molecular formula is C21H22N2O4. The highest BCUT2D eigenvalue weighted by Gasteiger charge is 2.14. The fourth-order valence-corrected chi connectivity index (χ4v) is 2.68. The Labute approximate surface area is 158 Å². The molecule has 0 saturated carbocycles. The van der Waals surface area contributed by atoms with Gasteiger partial charge in [0.25, 0.3) is 5.91 Å². The van der Waals surface area contributed by atoms with E-state index in [0.29, 0.717) is 22.9 Å². The number of benzene rings is 2. The minimum Gasteiger partial charge on any atom is -0.497 e. The van der Waals surface area contributed by atoms with Gasteiger partial charge in [-0.05, 0) is 24.7 Å². The molecular weight excluding hydrogens is 344 g/mol. The quantitative estimate of drug-likeness (QED) is 0.663. The maximum atomic E-state index is 12.5. The first kappa shape index (κ1) is 18.5. The van der Waals surface area contributed by atoms with Crippen molar-refractivity contribution in [1.29, 1.82) is 0 Å². The Balaban J connectivity index is 1.75. The summed E-state index contributed by atoms with van der Waals surface area (Å²) < 4.78 is 16.2. The van der Waals surface area contributed by atoms with Gasteiger partial charge in [-0.25, -0.2) is 0 Å². The molecule has 0 bridgehead atoms. The van der Waals surface area contributed by atoms with Crippen molar-refractivity contribution in [3.8, 4) is 22.8 Å². The van der Waals surface area contributed by atoms with E-state index in [1.54, 1.807) is 44.6 Å². The molecule has 6 heteroatoms. The van der Waals surface area contributed by atoms with Crippen LogP contribution in [-0.2, 0) is 6.54 Å². The van der Waals surface area contributed by atoms with Crippen molar-refractivity contribution in [1.82, 2.24) is 5.32 Å². The van der Waals surface area contributed by atoms with Crippen LogP contribution >= 0.6 is 0 Å². The maximum Gasteiger partial charge on any atom is 0.291 e. The smallest absolute Gasteiger partial charge is 0.291 e. The molecule has 140 valence electrons. The number of carbonyl (C=O) groups excluding carboxylic acids is 1. The number of nitrogens with one attached hydrogen (secondary N) is 2. The Hall–Kier alpha value is -3.25. The molecule has 3 rings (SSSR count). The number of anilines is 1. The first-order chi connectivity index (χ1) is 13.1. The van der Waals surface area contributed by atoms with E-state index in [1.165, 1.54) is 5.56 Å². The topological polar surface area (TPSA) is 72.7 Å². The summed E-state index contributed by atoms with van der Waals surface area (Å²) in [7, 11) is 5.02. The van der Waals surface area contributed by atoms with Gasteiger partial charge in [0.2, 0.25) is 0 Å². The van der Waals surface area contributed by atoms with Gasteiger partial charge in [-0.1, -0.05) is 24.3 Å². The minimum atomic E-state index is -0.344. The van der Waals surface area contributed by atoms with Crippen LogP contribution in [0.4, 0.5) is 5.69 Å². The fourth-order valence-electron chi connectivity index (χ4n) is 2.68. The lowest BCUT2D eigenvalue weighted by atomic mass is 10.1. The van der Waals surface area contributed by atoms with Gasteiger partial charge < -0.3 is 24.5 Å². The van der Waals surface area contributed by atoms with Gasteiger partial charge in [-0.2, -0.15) is 0 Å². The number of hydrogen-bond donors (Lipinski definition) is 2. The molecule has 0 atom stereocenters. The van der Waals surface area contributed by atoms with Gasteiger partial charge in [0.05, 0.1) is 14.2 Å². The van der Waals surface area contributed by atoms with Crippen LogP contribution in [0.5, 0.6) is 11.5 Å². The number of hydrogen-bond acceptors (Lipinski definition) is 5. The van der Waals surface area contributed by atoms with Crippen molar-refractivity contribution in [3.05, 3.63) is 65.9 Å². The number of carbonyl (C=O) groups is 1. The summed E-state index contributed by atoms with van der Waals surface area (Å²) in [5.41, 5.74) is 2.65. The number of ether oxygens (including phenoxy) is 2. The second kappa shape index (κ2) is 8.42. The molecule has 1 amide bonds. The van der Waals surface area contributed by atoms with Crippen molar-refractivity contribution in [2.45, 2.75) is 6.54 Å². The largest absolute Gasteiger partial charge is 0.497 e. The Morgan fingerprint density at radius 1 is 0.963 bits per heavy atom. The van der Waals surface area contributed by atoms with Crippen molar-refractivity contribution >= 4 is 11.6 Å². The van der Waals surface area contributed by atoms with Crippen LogP contribution in [-0.4, -0.2) is 27.2 Å². The normalized spacial score (nSPS) is 10.5. The Morgan fingerprint density at radius 2 is 1.63 bits per heavy atom. The summed E-state index contributed by atoms with van der Waals surface area (Å²) in [6.07, 6.45) is 0. The predicted molar refractivity (Wildman–Crippen MR) is 104 cm³/mol. The van der Waals surface area contributed by atoms with Crippen LogP contribution in [0.25, 0.3) is 11.3 Å². The number of amides is 1. The molecule has 1 aromatic heterocycles. The highest BCUT2D eigenvalue weighted by atomic mass is 16.5. The molecule has 0 aliphatic rings.